The number of ether oxygens (including phenoxy) is 2. The van der Waals surface area contributed by atoms with Gasteiger partial charge in [-0.25, -0.2) is 4.79 Å². The summed E-state index contributed by atoms with van der Waals surface area (Å²) in [5.74, 6) is 0.614. The van der Waals surface area contributed by atoms with E-state index in [1.807, 2.05) is 42.5 Å². The van der Waals surface area contributed by atoms with Gasteiger partial charge in [-0.3, -0.25) is 9.48 Å². The highest BCUT2D eigenvalue weighted by Gasteiger charge is 2.13. The molecule has 0 aliphatic heterocycles. The predicted molar refractivity (Wildman–Crippen MR) is 138 cm³/mol. The van der Waals surface area contributed by atoms with Crippen molar-refractivity contribution in [1.82, 2.24) is 9.78 Å². The van der Waals surface area contributed by atoms with Gasteiger partial charge in [-0.05, 0) is 52.9 Å². The molecule has 1 N–H and O–H groups in total. The number of methoxy groups -OCH3 is 1. The lowest BCUT2D eigenvalue weighted by Gasteiger charge is -2.10. The summed E-state index contributed by atoms with van der Waals surface area (Å²) in [6, 6.07) is 22.6. The number of aromatic nitrogens is 2. The molecular weight excluding hydrogens is 454 g/mol. The second-order valence-corrected chi connectivity index (χ2v) is 8.74. The summed E-state index contributed by atoms with van der Waals surface area (Å²) in [5, 5.41) is 7.19. The van der Waals surface area contributed by atoms with Crippen LogP contribution in [-0.2, 0) is 17.9 Å². The van der Waals surface area contributed by atoms with Gasteiger partial charge in [-0.2, -0.15) is 5.10 Å². The second kappa shape index (κ2) is 11.4. The highest BCUT2D eigenvalue weighted by molar-refractivity contribution is 6.04. The highest BCUT2D eigenvalue weighted by atomic mass is 16.5. The summed E-state index contributed by atoms with van der Waals surface area (Å²) in [5.41, 5.74) is 4.49. The lowest BCUT2D eigenvalue weighted by molar-refractivity contribution is 0.0599. The number of nitrogens with one attached hydrogen (secondary N) is 1. The molecule has 0 unspecified atom stereocenters. The quantitative estimate of drug-likeness (QED) is 0.310. The standard InChI is InChI=1S/C29H29N3O4/c1-20(2)22-11-13-26(14-12-22)36-19-21-7-6-9-23(15-21)28(33)31-25-16-30-32(18-25)17-24-8-4-5-10-27(24)29(34)35-3/h4-16,18,20H,17,19H2,1-3H3,(H,31,33). The first-order valence-corrected chi connectivity index (χ1v) is 11.7. The summed E-state index contributed by atoms with van der Waals surface area (Å²) >= 11 is 0. The zero-order valence-electron chi connectivity index (χ0n) is 20.6. The van der Waals surface area contributed by atoms with E-state index in [2.05, 4.69) is 36.4 Å². The van der Waals surface area contributed by atoms with Gasteiger partial charge in [-0.15, -0.1) is 0 Å². The molecule has 1 amide bonds. The van der Waals surface area contributed by atoms with Crippen molar-refractivity contribution in [3.8, 4) is 5.75 Å². The summed E-state index contributed by atoms with van der Waals surface area (Å²) in [6.45, 7) is 5.04. The summed E-state index contributed by atoms with van der Waals surface area (Å²) < 4.78 is 12.4. The average Bonchev–Trinajstić information content (AvgIpc) is 3.34. The number of anilines is 1. The number of benzene rings is 3. The van der Waals surface area contributed by atoms with Gasteiger partial charge in [0.25, 0.3) is 5.91 Å². The topological polar surface area (TPSA) is 82.5 Å². The zero-order chi connectivity index (χ0) is 25.5. The lowest BCUT2D eigenvalue weighted by atomic mass is 10.0. The molecule has 7 heteroatoms. The molecule has 7 nitrogen and oxygen atoms in total. The Kier molecular flexibility index (Phi) is 7.80. The number of carbonyl (C=O) groups is 2. The van der Waals surface area contributed by atoms with Gasteiger partial charge < -0.3 is 14.8 Å². The second-order valence-electron chi connectivity index (χ2n) is 8.74. The Labute approximate surface area is 210 Å². The number of hydrogen-bond acceptors (Lipinski definition) is 5. The SMILES string of the molecule is COC(=O)c1ccccc1Cn1cc(NC(=O)c2cccc(COc3ccc(C(C)C)cc3)c2)cn1. The summed E-state index contributed by atoms with van der Waals surface area (Å²) in [4.78, 5) is 24.8. The fourth-order valence-electron chi connectivity index (χ4n) is 3.78. The maximum atomic E-state index is 12.8. The molecule has 36 heavy (non-hydrogen) atoms. The summed E-state index contributed by atoms with van der Waals surface area (Å²) in [6.07, 6.45) is 3.30. The van der Waals surface area contributed by atoms with Crippen LogP contribution in [-0.4, -0.2) is 28.8 Å². The molecule has 0 fully saturated rings. The summed E-state index contributed by atoms with van der Waals surface area (Å²) in [7, 11) is 1.35. The molecule has 0 radical (unpaired) electrons. The number of amides is 1. The maximum Gasteiger partial charge on any atom is 0.338 e. The Morgan fingerprint density at radius 1 is 1.00 bits per heavy atom. The molecule has 1 aromatic heterocycles. The van der Waals surface area contributed by atoms with Crippen molar-refractivity contribution < 1.29 is 19.1 Å². The minimum atomic E-state index is -0.400. The van der Waals surface area contributed by atoms with E-state index in [4.69, 9.17) is 9.47 Å². The van der Waals surface area contributed by atoms with Crippen LogP contribution in [0.15, 0.2) is 85.2 Å². The Balaban J connectivity index is 1.37. The van der Waals surface area contributed by atoms with Crippen molar-refractivity contribution in [2.45, 2.75) is 32.9 Å². The minimum absolute atomic E-state index is 0.243. The molecule has 3 aromatic carbocycles. The van der Waals surface area contributed by atoms with Crippen LogP contribution in [0.5, 0.6) is 5.75 Å². The smallest absolute Gasteiger partial charge is 0.338 e. The normalized spacial score (nSPS) is 10.8. The Morgan fingerprint density at radius 2 is 1.78 bits per heavy atom. The lowest BCUT2D eigenvalue weighted by Crippen LogP contribution is -2.12. The Bertz CT molecular complexity index is 1340. The van der Waals surface area contributed by atoms with E-state index < -0.39 is 5.97 Å². The number of esters is 1. The first-order valence-electron chi connectivity index (χ1n) is 11.7. The highest BCUT2D eigenvalue weighted by Crippen LogP contribution is 2.20. The number of rotatable bonds is 9. The number of carbonyl (C=O) groups excluding carboxylic acids is 2. The molecule has 1 heterocycles. The number of nitrogens with zero attached hydrogens (tertiary/aromatic N) is 2. The minimum Gasteiger partial charge on any atom is -0.489 e. The van der Waals surface area contributed by atoms with E-state index >= 15 is 0 Å². The van der Waals surface area contributed by atoms with Crippen molar-refractivity contribution in [3.63, 3.8) is 0 Å². The van der Waals surface area contributed by atoms with E-state index in [0.29, 0.717) is 35.9 Å². The third kappa shape index (κ3) is 6.18. The first-order chi connectivity index (χ1) is 17.4. The molecule has 4 rings (SSSR count). The van der Waals surface area contributed by atoms with Crippen LogP contribution in [0.3, 0.4) is 0 Å². The fraction of sp³-hybridized carbons (Fsp3) is 0.207. The van der Waals surface area contributed by atoms with Crippen LogP contribution in [0.25, 0.3) is 0 Å². The van der Waals surface area contributed by atoms with Gasteiger partial charge in [-0.1, -0.05) is 56.3 Å². The zero-order valence-corrected chi connectivity index (χ0v) is 20.6. The van der Waals surface area contributed by atoms with E-state index in [1.165, 1.54) is 12.7 Å². The molecule has 0 aliphatic carbocycles. The molecule has 184 valence electrons. The molecular formula is C29H29N3O4. The van der Waals surface area contributed by atoms with Gasteiger partial charge in [0.2, 0.25) is 0 Å². The van der Waals surface area contributed by atoms with Crippen LogP contribution in [0, 0.1) is 0 Å². The Morgan fingerprint density at radius 3 is 2.53 bits per heavy atom. The predicted octanol–water partition coefficient (Wildman–Crippen LogP) is 5.67. The van der Waals surface area contributed by atoms with Crippen molar-refractivity contribution in [2.75, 3.05) is 12.4 Å². The van der Waals surface area contributed by atoms with Gasteiger partial charge in [0.15, 0.2) is 0 Å². The van der Waals surface area contributed by atoms with Gasteiger partial charge in [0, 0.05) is 11.8 Å². The third-order valence-corrected chi connectivity index (χ3v) is 5.79. The monoisotopic (exact) mass is 483 g/mol. The van der Waals surface area contributed by atoms with Crippen molar-refractivity contribution in [3.05, 3.63) is 113 Å². The van der Waals surface area contributed by atoms with E-state index in [1.54, 1.807) is 35.3 Å². The molecule has 0 bridgehead atoms. The van der Waals surface area contributed by atoms with Gasteiger partial charge in [0.05, 0.1) is 31.1 Å². The van der Waals surface area contributed by atoms with E-state index in [-0.39, 0.29) is 5.91 Å². The third-order valence-electron chi connectivity index (χ3n) is 5.79. The molecule has 0 saturated heterocycles. The van der Waals surface area contributed by atoms with Crippen LogP contribution in [0.4, 0.5) is 5.69 Å². The van der Waals surface area contributed by atoms with Crippen molar-refractivity contribution in [2.24, 2.45) is 0 Å². The van der Waals surface area contributed by atoms with Gasteiger partial charge >= 0.3 is 5.97 Å². The Hall–Kier alpha value is -4.39. The maximum absolute atomic E-state index is 12.8. The first kappa shape index (κ1) is 24.7. The van der Waals surface area contributed by atoms with E-state index in [9.17, 15) is 9.59 Å². The van der Waals surface area contributed by atoms with Gasteiger partial charge in [0.1, 0.15) is 12.4 Å². The van der Waals surface area contributed by atoms with Crippen LogP contribution >= 0.6 is 0 Å². The molecule has 4 aromatic rings. The van der Waals surface area contributed by atoms with E-state index in [0.717, 1.165) is 16.9 Å². The molecule has 0 aliphatic rings. The molecule has 0 spiro atoms. The molecule has 0 saturated carbocycles. The largest absolute Gasteiger partial charge is 0.489 e. The molecule has 0 atom stereocenters. The fourth-order valence-corrected chi connectivity index (χ4v) is 3.78. The van der Waals surface area contributed by atoms with Crippen molar-refractivity contribution >= 4 is 17.6 Å². The number of hydrogen-bond donors (Lipinski definition) is 1. The average molecular weight is 484 g/mol. The van der Waals surface area contributed by atoms with Crippen LogP contribution in [0.1, 0.15) is 57.2 Å². The van der Waals surface area contributed by atoms with Crippen LogP contribution in [0.2, 0.25) is 0 Å². The van der Waals surface area contributed by atoms with Crippen LogP contribution < -0.4 is 10.1 Å². The van der Waals surface area contributed by atoms with Crippen molar-refractivity contribution in [1.29, 1.82) is 0 Å².